The lowest BCUT2D eigenvalue weighted by Gasteiger charge is -2.18. The Bertz CT molecular complexity index is 807. The van der Waals surface area contributed by atoms with Gasteiger partial charge < -0.3 is 15.4 Å². The van der Waals surface area contributed by atoms with Gasteiger partial charge >= 0.3 is 5.97 Å². The van der Waals surface area contributed by atoms with Crippen LogP contribution in [0, 0.1) is 6.92 Å². The molecule has 0 saturated carbocycles. The van der Waals surface area contributed by atoms with Gasteiger partial charge in [-0.3, -0.25) is 14.4 Å². The van der Waals surface area contributed by atoms with Crippen molar-refractivity contribution in [2.45, 2.75) is 26.3 Å². The molecule has 1 heterocycles. The van der Waals surface area contributed by atoms with Crippen molar-refractivity contribution in [2.24, 2.45) is 0 Å². The van der Waals surface area contributed by atoms with Crippen molar-refractivity contribution in [3.05, 3.63) is 58.7 Å². The second-order valence-corrected chi connectivity index (χ2v) is 6.37. The van der Waals surface area contributed by atoms with Crippen molar-refractivity contribution in [2.75, 3.05) is 11.9 Å². The molecule has 0 radical (unpaired) electrons. The van der Waals surface area contributed by atoms with Gasteiger partial charge in [-0.05, 0) is 24.6 Å². The molecule has 0 aliphatic heterocycles. The average molecular weight is 390 g/mol. The average Bonchev–Trinajstić information content (AvgIpc) is 2.62. The number of halogens is 1. The van der Waals surface area contributed by atoms with E-state index in [-0.39, 0.29) is 12.3 Å². The van der Waals surface area contributed by atoms with Crippen LogP contribution in [0.3, 0.4) is 0 Å². The van der Waals surface area contributed by atoms with Crippen LogP contribution in [0.5, 0.6) is 0 Å². The number of pyridine rings is 1. The number of anilines is 1. The lowest BCUT2D eigenvalue weighted by molar-refractivity contribution is -0.148. The molecule has 2 amide bonds. The normalized spacial score (nSPS) is 11.4. The molecule has 142 valence electrons. The van der Waals surface area contributed by atoms with E-state index in [0.717, 1.165) is 11.1 Å². The fourth-order valence-corrected chi connectivity index (χ4v) is 2.41. The number of hydrogen-bond acceptors (Lipinski definition) is 5. The zero-order valence-electron chi connectivity index (χ0n) is 15.0. The van der Waals surface area contributed by atoms with Gasteiger partial charge in [0, 0.05) is 13.1 Å². The van der Waals surface area contributed by atoms with Gasteiger partial charge in [0.15, 0.2) is 6.61 Å². The van der Waals surface area contributed by atoms with Crippen molar-refractivity contribution in [3.63, 3.8) is 0 Å². The summed E-state index contributed by atoms with van der Waals surface area (Å²) in [5, 5.41) is 5.65. The molecule has 27 heavy (non-hydrogen) atoms. The number of ether oxygens (including phenoxy) is 1. The summed E-state index contributed by atoms with van der Waals surface area (Å²) in [6.45, 7) is 2.86. The van der Waals surface area contributed by atoms with Crippen molar-refractivity contribution < 1.29 is 19.1 Å². The SMILES string of the molecule is CC(=O)NC(CC(=O)OCC(=O)Nc1ccc(Cl)cn1)c1ccc(C)cc1. The van der Waals surface area contributed by atoms with Gasteiger partial charge in [-0.1, -0.05) is 41.4 Å². The highest BCUT2D eigenvalue weighted by Crippen LogP contribution is 2.18. The molecule has 1 aromatic heterocycles. The fourth-order valence-electron chi connectivity index (χ4n) is 2.30. The second kappa shape index (κ2) is 9.68. The Morgan fingerprint density at radius 2 is 1.85 bits per heavy atom. The Morgan fingerprint density at radius 1 is 1.15 bits per heavy atom. The Balaban J connectivity index is 1.89. The predicted molar refractivity (Wildman–Crippen MR) is 101 cm³/mol. The van der Waals surface area contributed by atoms with E-state index in [1.807, 2.05) is 31.2 Å². The summed E-state index contributed by atoms with van der Waals surface area (Å²) in [5.74, 6) is -1.09. The molecule has 8 heteroatoms. The van der Waals surface area contributed by atoms with Crippen molar-refractivity contribution in [1.29, 1.82) is 0 Å². The first kappa shape index (κ1) is 20.4. The van der Waals surface area contributed by atoms with Crippen LogP contribution in [0.2, 0.25) is 5.02 Å². The maximum Gasteiger partial charge on any atom is 0.308 e. The zero-order chi connectivity index (χ0) is 19.8. The molecule has 0 spiro atoms. The number of hydrogen-bond donors (Lipinski definition) is 2. The number of rotatable bonds is 7. The van der Waals surface area contributed by atoms with Crippen molar-refractivity contribution in [1.82, 2.24) is 10.3 Å². The maximum atomic E-state index is 12.1. The molecular weight excluding hydrogens is 370 g/mol. The van der Waals surface area contributed by atoms with Crippen LogP contribution in [0.4, 0.5) is 5.82 Å². The standard InChI is InChI=1S/C19H20ClN3O4/c1-12-3-5-14(6-4-12)16(22-13(2)24)9-19(26)27-11-18(25)23-17-8-7-15(20)10-21-17/h3-8,10,16H,9,11H2,1-2H3,(H,22,24)(H,21,23,25). The molecule has 2 rings (SSSR count). The Hall–Kier alpha value is -2.93. The number of nitrogens with zero attached hydrogens (tertiary/aromatic N) is 1. The van der Waals surface area contributed by atoms with Gasteiger partial charge in [0.05, 0.1) is 17.5 Å². The van der Waals surface area contributed by atoms with Crippen LogP contribution in [0.15, 0.2) is 42.6 Å². The van der Waals surface area contributed by atoms with Crippen LogP contribution >= 0.6 is 11.6 Å². The first-order valence-corrected chi connectivity index (χ1v) is 8.62. The molecule has 7 nitrogen and oxygen atoms in total. The quantitative estimate of drug-likeness (QED) is 0.709. The van der Waals surface area contributed by atoms with Crippen LogP contribution in [0.1, 0.15) is 30.5 Å². The molecule has 1 aromatic carbocycles. The van der Waals surface area contributed by atoms with Crippen LogP contribution < -0.4 is 10.6 Å². The third-order valence-corrected chi connectivity index (χ3v) is 3.81. The molecule has 2 aromatic rings. The summed E-state index contributed by atoms with van der Waals surface area (Å²) in [4.78, 5) is 39.3. The molecule has 0 fully saturated rings. The van der Waals surface area contributed by atoms with E-state index in [1.165, 1.54) is 19.2 Å². The molecule has 1 unspecified atom stereocenters. The summed E-state index contributed by atoms with van der Waals surface area (Å²) in [5.41, 5.74) is 1.85. The van der Waals surface area contributed by atoms with E-state index in [9.17, 15) is 14.4 Å². The minimum Gasteiger partial charge on any atom is -0.455 e. The minimum atomic E-state index is -0.603. The number of carbonyl (C=O) groups excluding carboxylic acids is 3. The molecule has 1 atom stereocenters. The first-order chi connectivity index (χ1) is 12.8. The largest absolute Gasteiger partial charge is 0.455 e. The molecule has 0 saturated heterocycles. The zero-order valence-corrected chi connectivity index (χ0v) is 15.7. The van der Waals surface area contributed by atoms with Crippen LogP contribution in [-0.4, -0.2) is 29.4 Å². The summed E-state index contributed by atoms with van der Waals surface area (Å²) >= 11 is 5.72. The summed E-state index contributed by atoms with van der Waals surface area (Å²) in [6, 6.07) is 10.0. The highest BCUT2D eigenvalue weighted by atomic mass is 35.5. The lowest BCUT2D eigenvalue weighted by atomic mass is 10.0. The van der Waals surface area contributed by atoms with Gasteiger partial charge in [-0.2, -0.15) is 0 Å². The molecule has 0 aliphatic carbocycles. The number of benzene rings is 1. The number of amides is 2. The lowest BCUT2D eigenvalue weighted by Crippen LogP contribution is -2.29. The monoisotopic (exact) mass is 389 g/mol. The Morgan fingerprint density at radius 3 is 2.44 bits per heavy atom. The number of aryl methyl sites for hydroxylation is 1. The predicted octanol–water partition coefficient (Wildman–Crippen LogP) is 2.79. The summed E-state index contributed by atoms with van der Waals surface area (Å²) in [6.07, 6.45) is 1.30. The van der Waals surface area contributed by atoms with E-state index in [2.05, 4.69) is 15.6 Å². The highest BCUT2D eigenvalue weighted by Gasteiger charge is 2.19. The third-order valence-electron chi connectivity index (χ3n) is 3.59. The molecule has 2 N–H and O–H groups in total. The molecule has 0 bridgehead atoms. The van der Waals surface area contributed by atoms with Gasteiger partial charge in [0.25, 0.3) is 5.91 Å². The van der Waals surface area contributed by atoms with E-state index in [1.54, 1.807) is 6.07 Å². The Kier molecular flexibility index (Phi) is 7.31. The topological polar surface area (TPSA) is 97.4 Å². The number of nitrogens with one attached hydrogen (secondary N) is 2. The smallest absolute Gasteiger partial charge is 0.308 e. The molecule has 0 aliphatic rings. The third kappa shape index (κ3) is 7.07. The fraction of sp³-hybridized carbons (Fsp3) is 0.263. The van der Waals surface area contributed by atoms with Gasteiger partial charge in [-0.25, -0.2) is 4.98 Å². The van der Waals surface area contributed by atoms with Gasteiger partial charge in [0.1, 0.15) is 5.82 Å². The van der Waals surface area contributed by atoms with Gasteiger partial charge in [-0.15, -0.1) is 0 Å². The number of aromatic nitrogens is 1. The minimum absolute atomic E-state index is 0.0882. The Labute approximate surface area is 162 Å². The van der Waals surface area contributed by atoms with Crippen LogP contribution in [-0.2, 0) is 19.1 Å². The van der Waals surface area contributed by atoms with Gasteiger partial charge in [0.2, 0.25) is 5.91 Å². The molecular formula is C19H20ClN3O4. The van der Waals surface area contributed by atoms with E-state index < -0.39 is 24.5 Å². The maximum absolute atomic E-state index is 12.1. The second-order valence-electron chi connectivity index (χ2n) is 5.94. The van der Waals surface area contributed by atoms with E-state index in [4.69, 9.17) is 16.3 Å². The number of carbonyl (C=O) groups is 3. The summed E-state index contributed by atoms with van der Waals surface area (Å²) in [7, 11) is 0. The first-order valence-electron chi connectivity index (χ1n) is 8.24. The van der Waals surface area contributed by atoms with E-state index >= 15 is 0 Å². The van der Waals surface area contributed by atoms with Crippen LogP contribution in [0.25, 0.3) is 0 Å². The highest BCUT2D eigenvalue weighted by molar-refractivity contribution is 6.30. The van der Waals surface area contributed by atoms with Crippen molar-refractivity contribution >= 4 is 35.2 Å². The van der Waals surface area contributed by atoms with Crippen molar-refractivity contribution in [3.8, 4) is 0 Å². The summed E-state index contributed by atoms with van der Waals surface area (Å²) < 4.78 is 5.00. The number of esters is 1. The van der Waals surface area contributed by atoms with E-state index in [0.29, 0.717) is 10.8 Å².